The summed E-state index contributed by atoms with van der Waals surface area (Å²) < 4.78 is 5.19. The molecule has 0 atom stereocenters. The van der Waals surface area contributed by atoms with Gasteiger partial charge in [0.1, 0.15) is 5.75 Å². The second-order valence-corrected chi connectivity index (χ2v) is 7.19. The fourth-order valence-electron chi connectivity index (χ4n) is 3.34. The molecule has 28 heavy (non-hydrogen) atoms. The molecular weight excluding hydrogens is 354 g/mol. The highest BCUT2D eigenvalue weighted by atomic mass is 16.5. The molecule has 6 nitrogen and oxygen atoms in total. The second-order valence-electron chi connectivity index (χ2n) is 7.19. The average molecular weight is 381 g/mol. The fourth-order valence-corrected chi connectivity index (χ4v) is 3.34. The minimum absolute atomic E-state index is 0.0249. The summed E-state index contributed by atoms with van der Waals surface area (Å²) in [6.45, 7) is 3.83. The first-order chi connectivity index (χ1) is 13.5. The van der Waals surface area contributed by atoms with Gasteiger partial charge < -0.3 is 15.4 Å². The van der Waals surface area contributed by atoms with Crippen LogP contribution in [0.2, 0.25) is 0 Å². The number of ether oxygens (including phenoxy) is 1. The van der Waals surface area contributed by atoms with Crippen molar-refractivity contribution < 1.29 is 14.3 Å². The van der Waals surface area contributed by atoms with Crippen molar-refractivity contribution in [3.8, 4) is 5.75 Å². The molecule has 1 heterocycles. The molecule has 0 spiro atoms. The second kappa shape index (κ2) is 9.37. The van der Waals surface area contributed by atoms with Crippen LogP contribution in [0, 0.1) is 12.8 Å². The van der Waals surface area contributed by atoms with E-state index in [0.717, 1.165) is 42.9 Å². The minimum atomic E-state index is -0.0392. The number of aryl methyl sites for hydroxylation is 1. The van der Waals surface area contributed by atoms with Crippen molar-refractivity contribution >= 4 is 23.2 Å². The van der Waals surface area contributed by atoms with Crippen LogP contribution in [0.25, 0.3) is 0 Å². The summed E-state index contributed by atoms with van der Waals surface area (Å²) in [5, 5.41) is 5.88. The van der Waals surface area contributed by atoms with Crippen LogP contribution < -0.4 is 15.4 Å². The molecule has 3 rings (SSSR count). The largest absolute Gasteiger partial charge is 0.497 e. The van der Waals surface area contributed by atoms with E-state index in [2.05, 4.69) is 15.5 Å². The van der Waals surface area contributed by atoms with Crippen LogP contribution in [0.1, 0.15) is 18.4 Å². The van der Waals surface area contributed by atoms with E-state index in [1.807, 2.05) is 55.5 Å². The lowest BCUT2D eigenvalue weighted by atomic mass is 9.96. The van der Waals surface area contributed by atoms with Gasteiger partial charge in [-0.1, -0.05) is 23.8 Å². The summed E-state index contributed by atoms with van der Waals surface area (Å²) in [6.07, 6.45) is 1.49. The van der Waals surface area contributed by atoms with Gasteiger partial charge >= 0.3 is 0 Å². The molecule has 2 aromatic rings. The van der Waals surface area contributed by atoms with Crippen LogP contribution in [0.3, 0.4) is 0 Å². The van der Waals surface area contributed by atoms with E-state index in [1.54, 1.807) is 7.11 Å². The Hall–Kier alpha value is -2.86. The van der Waals surface area contributed by atoms with Crippen LogP contribution in [-0.4, -0.2) is 43.5 Å². The van der Waals surface area contributed by atoms with E-state index in [-0.39, 0.29) is 17.7 Å². The summed E-state index contributed by atoms with van der Waals surface area (Å²) in [7, 11) is 1.60. The lowest BCUT2D eigenvalue weighted by molar-refractivity contribution is -0.121. The third-order valence-corrected chi connectivity index (χ3v) is 5.00. The molecule has 0 radical (unpaired) electrons. The molecule has 6 heteroatoms. The topological polar surface area (TPSA) is 70.7 Å². The van der Waals surface area contributed by atoms with E-state index in [4.69, 9.17) is 4.74 Å². The highest BCUT2D eigenvalue weighted by Gasteiger charge is 2.26. The molecule has 0 bridgehead atoms. The molecule has 1 aliphatic heterocycles. The fraction of sp³-hybridized carbons (Fsp3) is 0.364. The van der Waals surface area contributed by atoms with Crippen molar-refractivity contribution in [1.29, 1.82) is 0 Å². The molecule has 0 saturated carbocycles. The molecule has 0 unspecified atom stereocenters. The number of likely N-dealkylation sites (tertiary alicyclic amines) is 1. The standard InChI is InChI=1S/C22H27N3O3/c1-16-6-8-18(9-7-16)23-21(26)15-25-12-10-17(11-13-25)22(27)24-19-4-3-5-20(14-19)28-2/h3-9,14,17H,10-13,15H2,1-2H3,(H,23,26)(H,24,27). The molecule has 1 saturated heterocycles. The predicted molar refractivity (Wildman–Crippen MR) is 111 cm³/mol. The number of hydrogen-bond acceptors (Lipinski definition) is 4. The molecule has 2 amide bonds. The number of nitrogens with one attached hydrogen (secondary N) is 2. The Bertz CT molecular complexity index is 812. The first-order valence-electron chi connectivity index (χ1n) is 9.57. The zero-order chi connectivity index (χ0) is 19.9. The van der Waals surface area contributed by atoms with Crippen LogP contribution >= 0.6 is 0 Å². The van der Waals surface area contributed by atoms with E-state index in [1.165, 1.54) is 0 Å². The number of nitrogens with zero attached hydrogens (tertiary/aromatic N) is 1. The number of methoxy groups -OCH3 is 1. The lowest BCUT2D eigenvalue weighted by Crippen LogP contribution is -2.41. The summed E-state index contributed by atoms with van der Waals surface area (Å²) >= 11 is 0. The maximum Gasteiger partial charge on any atom is 0.238 e. The minimum Gasteiger partial charge on any atom is -0.497 e. The van der Waals surface area contributed by atoms with Gasteiger partial charge in [0, 0.05) is 23.4 Å². The normalized spacial score (nSPS) is 15.1. The SMILES string of the molecule is COc1cccc(NC(=O)C2CCN(CC(=O)Nc3ccc(C)cc3)CC2)c1. The molecule has 1 fully saturated rings. The van der Waals surface area contributed by atoms with Crippen molar-refractivity contribution in [1.82, 2.24) is 4.90 Å². The van der Waals surface area contributed by atoms with Gasteiger partial charge in [0.2, 0.25) is 11.8 Å². The molecule has 0 aliphatic carbocycles. The Morgan fingerprint density at radius 2 is 1.75 bits per heavy atom. The Morgan fingerprint density at radius 3 is 2.43 bits per heavy atom. The van der Waals surface area contributed by atoms with Crippen LogP contribution in [0.4, 0.5) is 11.4 Å². The number of rotatable bonds is 6. The first kappa shape index (κ1) is 19.9. The van der Waals surface area contributed by atoms with Gasteiger partial charge in [-0.05, 0) is 57.1 Å². The first-order valence-corrected chi connectivity index (χ1v) is 9.57. The number of carbonyl (C=O) groups is 2. The number of anilines is 2. The van der Waals surface area contributed by atoms with Crippen LogP contribution in [0.5, 0.6) is 5.75 Å². The number of benzene rings is 2. The van der Waals surface area contributed by atoms with Gasteiger partial charge in [-0.3, -0.25) is 14.5 Å². The zero-order valence-electron chi connectivity index (χ0n) is 16.4. The van der Waals surface area contributed by atoms with Gasteiger partial charge in [0.05, 0.1) is 13.7 Å². The van der Waals surface area contributed by atoms with E-state index in [0.29, 0.717) is 12.3 Å². The molecule has 148 valence electrons. The average Bonchev–Trinajstić information content (AvgIpc) is 2.70. The Labute approximate surface area is 165 Å². The number of hydrogen-bond donors (Lipinski definition) is 2. The van der Waals surface area contributed by atoms with Crippen molar-refractivity contribution in [3.63, 3.8) is 0 Å². The number of piperidine rings is 1. The van der Waals surface area contributed by atoms with E-state index < -0.39 is 0 Å². The smallest absolute Gasteiger partial charge is 0.238 e. The van der Waals surface area contributed by atoms with Crippen LogP contribution in [-0.2, 0) is 9.59 Å². The zero-order valence-corrected chi connectivity index (χ0v) is 16.4. The maximum atomic E-state index is 12.5. The predicted octanol–water partition coefficient (Wildman–Crippen LogP) is 3.29. The third kappa shape index (κ3) is 5.57. The number of carbonyl (C=O) groups excluding carboxylic acids is 2. The van der Waals surface area contributed by atoms with Crippen LogP contribution in [0.15, 0.2) is 48.5 Å². The summed E-state index contributed by atoms with van der Waals surface area (Å²) in [4.78, 5) is 26.8. The maximum absolute atomic E-state index is 12.5. The summed E-state index contributed by atoms with van der Waals surface area (Å²) in [6, 6.07) is 15.1. The van der Waals surface area contributed by atoms with Crippen molar-refractivity contribution in [2.24, 2.45) is 5.92 Å². The monoisotopic (exact) mass is 381 g/mol. The Kier molecular flexibility index (Phi) is 6.66. The summed E-state index contributed by atoms with van der Waals surface area (Å²) in [5.74, 6) is 0.676. The van der Waals surface area contributed by atoms with Gasteiger partial charge in [-0.2, -0.15) is 0 Å². The summed E-state index contributed by atoms with van der Waals surface area (Å²) in [5.41, 5.74) is 2.71. The highest BCUT2D eigenvalue weighted by Crippen LogP contribution is 2.21. The van der Waals surface area contributed by atoms with Gasteiger partial charge in [-0.25, -0.2) is 0 Å². The van der Waals surface area contributed by atoms with Gasteiger partial charge in [-0.15, -0.1) is 0 Å². The van der Waals surface area contributed by atoms with E-state index >= 15 is 0 Å². The van der Waals surface area contributed by atoms with Crippen molar-refractivity contribution in [2.75, 3.05) is 37.4 Å². The molecule has 0 aromatic heterocycles. The lowest BCUT2D eigenvalue weighted by Gasteiger charge is -2.30. The molecule has 1 aliphatic rings. The Morgan fingerprint density at radius 1 is 1.04 bits per heavy atom. The highest BCUT2D eigenvalue weighted by molar-refractivity contribution is 5.93. The quantitative estimate of drug-likeness (QED) is 0.806. The van der Waals surface area contributed by atoms with Gasteiger partial charge in [0.15, 0.2) is 0 Å². The molecule has 2 aromatic carbocycles. The molecule has 2 N–H and O–H groups in total. The van der Waals surface area contributed by atoms with Crippen molar-refractivity contribution in [2.45, 2.75) is 19.8 Å². The van der Waals surface area contributed by atoms with E-state index in [9.17, 15) is 9.59 Å². The Balaban J connectivity index is 1.43. The van der Waals surface area contributed by atoms with Crippen molar-refractivity contribution in [3.05, 3.63) is 54.1 Å². The number of amides is 2. The van der Waals surface area contributed by atoms with Gasteiger partial charge in [0.25, 0.3) is 0 Å². The third-order valence-electron chi connectivity index (χ3n) is 5.00. The molecular formula is C22H27N3O3.